The molecule has 0 amide bonds. The monoisotopic (exact) mass is 301 g/mol. The Morgan fingerprint density at radius 1 is 1.42 bits per heavy atom. The van der Waals surface area contributed by atoms with Crippen LogP contribution >= 0.6 is 23.2 Å². The average molecular weight is 302 g/mol. The molecule has 2 aromatic rings. The summed E-state index contributed by atoms with van der Waals surface area (Å²) < 4.78 is 7.22. The van der Waals surface area contributed by atoms with E-state index < -0.39 is 0 Å². The fourth-order valence-electron chi connectivity index (χ4n) is 2.14. The van der Waals surface area contributed by atoms with Crippen molar-refractivity contribution in [3.8, 4) is 0 Å². The second kappa shape index (κ2) is 6.07. The minimum Gasteiger partial charge on any atom is -0.384 e. The lowest BCUT2D eigenvalue weighted by Gasteiger charge is -2.15. The minimum atomic E-state index is -0.178. The molecule has 2 aromatic heterocycles. The van der Waals surface area contributed by atoms with E-state index in [1.54, 1.807) is 13.3 Å². The van der Waals surface area contributed by atoms with Crippen molar-refractivity contribution in [1.29, 1.82) is 0 Å². The maximum absolute atomic E-state index is 6.20. The van der Waals surface area contributed by atoms with Crippen LogP contribution < -0.4 is 0 Å². The minimum absolute atomic E-state index is 0.178. The molecule has 0 saturated heterocycles. The van der Waals surface area contributed by atoms with Crippen molar-refractivity contribution < 1.29 is 4.74 Å². The molecular formula is C13H17Cl2N3O. The molecule has 2 heterocycles. The van der Waals surface area contributed by atoms with Crippen molar-refractivity contribution in [2.45, 2.75) is 25.8 Å². The van der Waals surface area contributed by atoms with Gasteiger partial charge in [-0.15, -0.1) is 11.6 Å². The van der Waals surface area contributed by atoms with Crippen LogP contribution in [0.25, 0.3) is 11.2 Å². The molecule has 0 aliphatic heterocycles. The third-order valence-electron chi connectivity index (χ3n) is 2.88. The molecule has 0 saturated carbocycles. The van der Waals surface area contributed by atoms with Crippen LogP contribution in [0.3, 0.4) is 0 Å². The topological polar surface area (TPSA) is 39.9 Å². The van der Waals surface area contributed by atoms with Crippen LogP contribution in [0.1, 0.15) is 25.0 Å². The number of alkyl halides is 1. The van der Waals surface area contributed by atoms with E-state index in [-0.39, 0.29) is 5.38 Å². The first-order valence-electron chi connectivity index (χ1n) is 6.17. The predicted molar refractivity (Wildman–Crippen MR) is 77.8 cm³/mol. The van der Waals surface area contributed by atoms with Gasteiger partial charge in [0.05, 0.1) is 17.0 Å². The first-order valence-corrected chi connectivity index (χ1v) is 6.99. The van der Waals surface area contributed by atoms with Gasteiger partial charge in [0, 0.05) is 19.9 Å². The van der Waals surface area contributed by atoms with Crippen molar-refractivity contribution in [3.63, 3.8) is 0 Å². The van der Waals surface area contributed by atoms with Crippen LogP contribution in [0.15, 0.2) is 12.3 Å². The van der Waals surface area contributed by atoms with Crippen molar-refractivity contribution in [1.82, 2.24) is 14.5 Å². The number of rotatable bonds is 5. The van der Waals surface area contributed by atoms with Crippen molar-refractivity contribution in [2.24, 2.45) is 5.92 Å². The van der Waals surface area contributed by atoms with E-state index in [0.29, 0.717) is 17.5 Å². The highest BCUT2D eigenvalue weighted by atomic mass is 35.5. The molecule has 4 nitrogen and oxygen atoms in total. The SMILES string of the molecule is COCC(C)Cn1c(C(C)Cl)nc2cc(Cl)cnc21. The summed E-state index contributed by atoms with van der Waals surface area (Å²) in [6.45, 7) is 5.48. The van der Waals surface area contributed by atoms with Crippen molar-refractivity contribution in [3.05, 3.63) is 23.1 Å². The number of nitrogens with zero attached hydrogens (tertiary/aromatic N) is 3. The van der Waals surface area contributed by atoms with E-state index in [0.717, 1.165) is 23.5 Å². The molecule has 2 atom stereocenters. The molecule has 0 fully saturated rings. The lowest BCUT2D eigenvalue weighted by Crippen LogP contribution is -2.15. The molecule has 0 aromatic carbocycles. The van der Waals surface area contributed by atoms with Crippen LogP contribution in [0.2, 0.25) is 5.02 Å². The van der Waals surface area contributed by atoms with Gasteiger partial charge in [0.15, 0.2) is 5.65 Å². The Morgan fingerprint density at radius 3 is 2.79 bits per heavy atom. The van der Waals surface area contributed by atoms with Crippen molar-refractivity contribution >= 4 is 34.4 Å². The average Bonchev–Trinajstić information content (AvgIpc) is 2.67. The molecule has 2 unspecified atom stereocenters. The van der Waals surface area contributed by atoms with Gasteiger partial charge in [0.1, 0.15) is 11.3 Å². The molecule has 0 radical (unpaired) electrons. The Labute approximate surface area is 122 Å². The van der Waals surface area contributed by atoms with Gasteiger partial charge in [-0.2, -0.15) is 0 Å². The number of fused-ring (bicyclic) bond motifs is 1. The van der Waals surface area contributed by atoms with Gasteiger partial charge in [-0.1, -0.05) is 18.5 Å². The van der Waals surface area contributed by atoms with E-state index in [1.165, 1.54) is 0 Å². The van der Waals surface area contributed by atoms with Crippen molar-refractivity contribution in [2.75, 3.05) is 13.7 Å². The Kier molecular flexibility index (Phi) is 4.66. The van der Waals surface area contributed by atoms with Crippen LogP contribution in [0.4, 0.5) is 0 Å². The molecule has 2 rings (SSSR count). The van der Waals surface area contributed by atoms with E-state index in [2.05, 4.69) is 16.9 Å². The van der Waals surface area contributed by atoms with Crippen LogP contribution in [0.5, 0.6) is 0 Å². The van der Waals surface area contributed by atoms with Gasteiger partial charge in [0.2, 0.25) is 0 Å². The number of hydrogen-bond donors (Lipinski definition) is 0. The summed E-state index contributed by atoms with van der Waals surface area (Å²) in [5, 5.41) is 0.401. The highest BCUT2D eigenvalue weighted by Gasteiger charge is 2.17. The standard InChI is InChI=1S/C13H17Cl2N3O/c1-8(7-19-3)6-18-12(9(2)14)17-11-4-10(15)5-16-13(11)18/h4-5,8-9H,6-7H2,1-3H3. The Hall–Kier alpha value is -0.840. The first-order chi connectivity index (χ1) is 9.02. The van der Waals surface area contributed by atoms with E-state index >= 15 is 0 Å². The summed E-state index contributed by atoms with van der Waals surface area (Å²) in [6, 6.07) is 1.81. The van der Waals surface area contributed by atoms with Crippen LogP contribution in [0, 0.1) is 5.92 Å². The maximum Gasteiger partial charge on any atom is 0.160 e. The summed E-state index contributed by atoms with van der Waals surface area (Å²) in [7, 11) is 1.70. The number of aromatic nitrogens is 3. The molecule has 6 heteroatoms. The fourth-order valence-corrected chi connectivity index (χ4v) is 2.46. The molecule has 0 aliphatic rings. The molecule has 0 N–H and O–H groups in total. The number of methoxy groups -OCH3 is 1. The highest BCUT2D eigenvalue weighted by molar-refractivity contribution is 6.31. The Bertz CT molecular complexity index is 568. The first kappa shape index (κ1) is 14.6. The van der Waals surface area contributed by atoms with Gasteiger partial charge in [-0.3, -0.25) is 0 Å². The third kappa shape index (κ3) is 3.19. The summed E-state index contributed by atoms with van der Waals surface area (Å²) in [6.07, 6.45) is 1.63. The zero-order chi connectivity index (χ0) is 14.0. The molecule has 0 bridgehead atoms. The van der Waals surface area contributed by atoms with Gasteiger partial charge in [-0.05, 0) is 18.9 Å². The van der Waals surface area contributed by atoms with Gasteiger partial charge in [-0.25, -0.2) is 9.97 Å². The summed E-state index contributed by atoms with van der Waals surface area (Å²) in [4.78, 5) is 8.90. The number of pyridine rings is 1. The normalized spacial score (nSPS) is 14.8. The third-order valence-corrected chi connectivity index (χ3v) is 3.28. The molecule has 0 spiro atoms. The van der Waals surface area contributed by atoms with E-state index in [1.807, 2.05) is 17.6 Å². The summed E-state index contributed by atoms with van der Waals surface area (Å²) in [5.74, 6) is 1.17. The Balaban J connectivity index is 2.46. The molecule has 19 heavy (non-hydrogen) atoms. The zero-order valence-electron chi connectivity index (χ0n) is 11.2. The quantitative estimate of drug-likeness (QED) is 0.791. The molecule has 104 valence electrons. The van der Waals surface area contributed by atoms with Crippen LogP contribution in [-0.2, 0) is 11.3 Å². The summed E-state index contributed by atoms with van der Waals surface area (Å²) >= 11 is 12.2. The maximum atomic E-state index is 6.20. The summed E-state index contributed by atoms with van der Waals surface area (Å²) in [5.41, 5.74) is 1.59. The zero-order valence-corrected chi connectivity index (χ0v) is 12.7. The van der Waals surface area contributed by atoms with Gasteiger partial charge < -0.3 is 9.30 Å². The molecular weight excluding hydrogens is 285 g/mol. The van der Waals surface area contributed by atoms with Gasteiger partial charge >= 0.3 is 0 Å². The largest absolute Gasteiger partial charge is 0.384 e. The smallest absolute Gasteiger partial charge is 0.160 e. The number of ether oxygens (including phenoxy) is 1. The second-order valence-corrected chi connectivity index (χ2v) is 5.84. The lowest BCUT2D eigenvalue weighted by molar-refractivity contribution is 0.151. The second-order valence-electron chi connectivity index (χ2n) is 4.75. The number of halogens is 2. The van der Waals surface area contributed by atoms with E-state index in [4.69, 9.17) is 27.9 Å². The Morgan fingerprint density at radius 2 is 2.16 bits per heavy atom. The fraction of sp³-hybridized carbons (Fsp3) is 0.538. The number of hydrogen-bond acceptors (Lipinski definition) is 3. The number of imidazole rings is 1. The lowest BCUT2D eigenvalue weighted by atomic mass is 10.2. The highest BCUT2D eigenvalue weighted by Crippen LogP contribution is 2.25. The van der Waals surface area contributed by atoms with E-state index in [9.17, 15) is 0 Å². The van der Waals surface area contributed by atoms with Crippen LogP contribution in [-0.4, -0.2) is 28.3 Å². The predicted octanol–water partition coefficient (Wildman–Crippen LogP) is 3.67. The van der Waals surface area contributed by atoms with Gasteiger partial charge in [0.25, 0.3) is 0 Å². The molecule has 0 aliphatic carbocycles.